The number of nitrogens with one attached hydrogen (secondary N) is 1. The lowest BCUT2D eigenvalue weighted by Crippen LogP contribution is -2.54. The minimum Gasteiger partial charge on any atom is -0.490 e. The highest BCUT2D eigenvalue weighted by atomic mass is 16.5. The summed E-state index contributed by atoms with van der Waals surface area (Å²) in [5.41, 5.74) is 0.753. The van der Waals surface area contributed by atoms with Crippen molar-refractivity contribution in [3.63, 3.8) is 0 Å². The number of carbonyl (C=O) groups is 1. The summed E-state index contributed by atoms with van der Waals surface area (Å²) in [7, 11) is 0. The van der Waals surface area contributed by atoms with Crippen molar-refractivity contribution < 1.29 is 19.0 Å². The minimum absolute atomic E-state index is 0.0145. The fraction of sp³-hybridized carbons (Fsp3) is 0.632. The number of carbonyl (C=O) groups excluding carboxylic acids is 1. The highest BCUT2D eigenvalue weighted by molar-refractivity contribution is 5.92. The predicted molar refractivity (Wildman–Crippen MR) is 94.2 cm³/mol. The van der Waals surface area contributed by atoms with Crippen molar-refractivity contribution in [2.75, 3.05) is 38.2 Å². The Hall–Kier alpha value is -1.79. The van der Waals surface area contributed by atoms with Crippen molar-refractivity contribution in [1.82, 2.24) is 4.90 Å². The molecule has 1 amide bonds. The van der Waals surface area contributed by atoms with Crippen molar-refractivity contribution >= 4 is 11.6 Å². The van der Waals surface area contributed by atoms with Crippen LogP contribution in [0.2, 0.25) is 0 Å². The average Bonchev–Trinajstić information content (AvgIpc) is 2.87. The van der Waals surface area contributed by atoms with Gasteiger partial charge in [0.25, 0.3) is 0 Å². The monoisotopic (exact) mass is 346 g/mol. The van der Waals surface area contributed by atoms with Gasteiger partial charge < -0.3 is 19.5 Å². The first-order chi connectivity index (χ1) is 12.3. The second-order valence-electron chi connectivity index (χ2n) is 6.99. The molecule has 0 spiro atoms. The third-order valence-corrected chi connectivity index (χ3v) is 5.23. The Morgan fingerprint density at radius 3 is 2.84 bits per heavy atom. The van der Waals surface area contributed by atoms with Crippen molar-refractivity contribution in [3.05, 3.63) is 18.2 Å². The van der Waals surface area contributed by atoms with Crippen LogP contribution in [0.4, 0.5) is 5.69 Å². The van der Waals surface area contributed by atoms with E-state index in [1.165, 1.54) is 12.8 Å². The van der Waals surface area contributed by atoms with E-state index in [1.807, 2.05) is 18.2 Å². The van der Waals surface area contributed by atoms with Crippen LogP contribution in [0.3, 0.4) is 0 Å². The highest BCUT2D eigenvalue weighted by Gasteiger charge is 2.34. The van der Waals surface area contributed by atoms with Gasteiger partial charge in [0.05, 0.1) is 32.5 Å². The Balaban J connectivity index is 1.38. The Labute approximate surface area is 148 Å². The van der Waals surface area contributed by atoms with E-state index >= 15 is 0 Å². The minimum atomic E-state index is 0.0145. The number of benzene rings is 1. The van der Waals surface area contributed by atoms with Crippen LogP contribution in [0.25, 0.3) is 0 Å². The molecule has 136 valence electrons. The predicted octanol–water partition coefficient (Wildman–Crippen LogP) is 2.43. The standard InChI is InChI=1S/C19H26N2O4/c22-19(13-21-8-11-25-16-5-2-1-4-15(16)21)20-14-6-7-17-18(12-14)24-10-3-9-23-17/h6-7,12,15-16H,1-5,8-11,13H2,(H,20,22). The number of rotatable bonds is 3. The van der Waals surface area contributed by atoms with Gasteiger partial charge in [0, 0.05) is 30.8 Å². The Morgan fingerprint density at radius 1 is 1.08 bits per heavy atom. The molecule has 1 aromatic carbocycles. The summed E-state index contributed by atoms with van der Waals surface area (Å²) in [5.74, 6) is 1.46. The Bertz CT molecular complexity index is 619. The van der Waals surface area contributed by atoms with E-state index in [0.29, 0.717) is 37.7 Å². The Morgan fingerprint density at radius 2 is 1.92 bits per heavy atom. The fourth-order valence-electron chi connectivity index (χ4n) is 4.00. The van der Waals surface area contributed by atoms with Gasteiger partial charge in [-0.1, -0.05) is 12.8 Å². The molecule has 2 atom stereocenters. The number of fused-ring (bicyclic) bond motifs is 2. The van der Waals surface area contributed by atoms with Crippen LogP contribution in [0.15, 0.2) is 18.2 Å². The molecule has 2 heterocycles. The molecule has 4 rings (SSSR count). The summed E-state index contributed by atoms with van der Waals surface area (Å²) in [5, 5.41) is 3.00. The molecule has 6 heteroatoms. The number of hydrogen-bond acceptors (Lipinski definition) is 5. The SMILES string of the molecule is O=C(CN1CCOC2CCCCC21)Nc1ccc2c(c1)OCCCO2. The lowest BCUT2D eigenvalue weighted by molar-refractivity contribution is -0.124. The van der Waals surface area contributed by atoms with Crippen LogP contribution in [-0.2, 0) is 9.53 Å². The zero-order chi connectivity index (χ0) is 17.1. The molecule has 2 aliphatic heterocycles. The summed E-state index contributed by atoms with van der Waals surface area (Å²) in [4.78, 5) is 14.8. The smallest absolute Gasteiger partial charge is 0.238 e. The number of anilines is 1. The molecule has 0 radical (unpaired) electrons. The van der Waals surface area contributed by atoms with Crippen LogP contribution in [0.5, 0.6) is 11.5 Å². The largest absolute Gasteiger partial charge is 0.490 e. The first-order valence-electron chi connectivity index (χ1n) is 9.35. The molecule has 1 saturated carbocycles. The maximum Gasteiger partial charge on any atom is 0.238 e. The lowest BCUT2D eigenvalue weighted by Gasteiger charge is -2.43. The van der Waals surface area contributed by atoms with Crippen LogP contribution in [0.1, 0.15) is 32.1 Å². The van der Waals surface area contributed by atoms with Gasteiger partial charge in [-0.25, -0.2) is 0 Å². The van der Waals surface area contributed by atoms with E-state index in [9.17, 15) is 4.79 Å². The van der Waals surface area contributed by atoms with Crippen LogP contribution in [-0.4, -0.2) is 55.9 Å². The molecule has 2 unspecified atom stereocenters. The van der Waals surface area contributed by atoms with Gasteiger partial charge in [0.15, 0.2) is 11.5 Å². The van der Waals surface area contributed by atoms with Crippen molar-refractivity contribution in [2.24, 2.45) is 0 Å². The third kappa shape index (κ3) is 3.90. The molecule has 1 N–H and O–H groups in total. The summed E-state index contributed by atoms with van der Waals surface area (Å²) < 4.78 is 17.2. The van der Waals surface area contributed by atoms with Crippen LogP contribution in [0, 0.1) is 0 Å². The molecule has 2 fully saturated rings. The van der Waals surface area contributed by atoms with Gasteiger partial charge >= 0.3 is 0 Å². The molecule has 0 aromatic heterocycles. The van der Waals surface area contributed by atoms with E-state index in [1.54, 1.807) is 0 Å². The van der Waals surface area contributed by atoms with E-state index in [-0.39, 0.29) is 5.91 Å². The summed E-state index contributed by atoms with van der Waals surface area (Å²) in [6.45, 7) is 3.27. The van der Waals surface area contributed by atoms with E-state index < -0.39 is 0 Å². The quantitative estimate of drug-likeness (QED) is 0.911. The van der Waals surface area contributed by atoms with Gasteiger partial charge in [0.1, 0.15) is 0 Å². The number of nitrogens with zero attached hydrogens (tertiary/aromatic N) is 1. The van der Waals surface area contributed by atoms with Crippen LogP contribution >= 0.6 is 0 Å². The molecular formula is C19H26N2O4. The summed E-state index contributed by atoms with van der Waals surface area (Å²) in [6, 6.07) is 5.97. The van der Waals surface area contributed by atoms with Crippen molar-refractivity contribution in [1.29, 1.82) is 0 Å². The Kier molecular flexibility index (Phi) is 5.08. The number of ether oxygens (including phenoxy) is 3. The van der Waals surface area contributed by atoms with E-state index in [2.05, 4.69) is 10.2 Å². The van der Waals surface area contributed by atoms with Crippen molar-refractivity contribution in [3.8, 4) is 11.5 Å². The van der Waals surface area contributed by atoms with E-state index in [4.69, 9.17) is 14.2 Å². The van der Waals surface area contributed by atoms with Crippen molar-refractivity contribution in [2.45, 2.75) is 44.2 Å². The van der Waals surface area contributed by atoms with Gasteiger partial charge in [-0.15, -0.1) is 0 Å². The first-order valence-corrected chi connectivity index (χ1v) is 9.35. The normalized spacial score (nSPS) is 26.4. The summed E-state index contributed by atoms with van der Waals surface area (Å²) in [6.07, 6.45) is 5.87. The molecule has 1 aromatic rings. The average molecular weight is 346 g/mol. The first kappa shape index (κ1) is 16.7. The maximum atomic E-state index is 12.5. The number of amides is 1. The fourth-order valence-corrected chi connectivity index (χ4v) is 4.00. The molecule has 1 aliphatic carbocycles. The zero-order valence-corrected chi connectivity index (χ0v) is 14.5. The molecule has 3 aliphatic rings. The second-order valence-corrected chi connectivity index (χ2v) is 6.99. The van der Waals surface area contributed by atoms with Gasteiger partial charge in [0.2, 0.25) is 5.91 Å². The number of hydrogen-bond donors (Lipinski definition) is 1. The third-order valence-electron chi connectivity index (χ3n) is 5.23. The molecular weight excluding hydrogens is 320 g/mol. The van der Waals surface area contributed by atoms with E-state index in [0.717, 1.165) is 43.9 Å². The summed E-state index contributed by atoms with van der Waals surface area (Å²) >= 11 is 0. The van der Waals surface area contributed by atoms with Gasteiger partial charge in [-0.2, -0.15) is 0 Å². The molecule has 0 bridgehead atoms. The van der Waals surface area contributed by atoms with Gasteiger partial charge in [-0.3, -0.25) is 9.69 Å². The second kappa shape index (κ2) is 7.62. The van der Waals surface area contributed by atoms with Crippen LogP contribution < -0.4 is 14.8 Å². The molecule has 25 heavy (non-hydrogen) atoms. The van der Waals surface area contributed by atoms with Gasteiger partial charge in [-0.05, 0) is 25.0 Å². The topological polar surface area (TPSA) is 60.0 Å². The molecule has 1 saturated heterocycles. The molecule has 6 nitrogen and oxygen atoms in total. The zero-order valence-electron chi connectivity index (χ0n) is 14.5. The lowest BCUT2D eigenvalue weighted by atomic mass is 9.90. The maximum absolute atomic E-state index is 12.5. The number of morpholine rings is 1. The highest BCUT2D eigenvalue weighted by Crippen LogP contribution is 2.32.